The molecule has 0 aliphatic carbocycles. The van der Waals surface area contributed by atoms with E-state index in [1.807, 2.05) is 0 Å². The van der Waals surface area contributed by atoms with E-state index in [4.69, 9.17) is 16.3 Å². The smallest absolute Gasteiger partial charge is 0.339 e. The molecular formula is C17H16ClN5O5. The van der Waals surface area contributed by atoms with Crippen LogP contribution in [0.3, 0.4) is 0 Å². The summed E-state index contributed by atoms with van der Waals surface area (Å²) >= 11 is 5.75. The van der Waals surface area contributed by atoms with Crippen LogP contribution in [0.25, 0.3) is 11.2 Å². The van der Waals surface area contributed by atoms with E-state index in [9.17, 15) is 19.2 Å². The van der Waals surface area contributed by atoms with Crippen molar-refractivity contribution in [2.24, 2.45) is 14.1 Å². The van der Waals surface area contributed by atoms with Crippen LogP contribution < -0.4 is 16.6 Å². The van der Waals surface area contributed by atoms with Crippen LogP contribution in [-0.4, -0.2) is 37.3 Å². The monoisotopic (exact) mass is 405 g/mol. The summed E-state index contributed by atoms with van der Waals surface area (Å²) in [5, 5.41) is 2.91. The number of nitrogens with zero attached hydrogens (tertiary/aromatic N) is 4. The minimum atomic E-state index is -0.617. The van der Waals surface area contributed by atoms with Crippen LogP contribution >= 0.6 is 11.6 Å². The standard InChI is InChI=1S/C17H16ClN5O5/c1-21-14-13(15(25)22(2)17(21)27)23(8-19-14)7-12(24)20-9-28-16(26)10-3-5-11(18)6-4-10/h3-6,8H,7,9H2,1-2H3,(H,20,24). The summed E-state index contributed by atoms with van der Waals surface area (Å²) < 4.78 is 8.46. The van der Waals surface area contributed by atoms with Crippen LogP contribution in [0, 0.1) is 0 Å². The third-order valence-corrected chi connectivity index (χ3v) is 4.34. The van der Waals surface area contributed by atoms with Gasteiger partial charge in [0.15, 0.2) is 17.9 Å². The number of hydrogen-bond acceptors (Lipinski definition) is 6. The van der Waals surface area contributed by atoms with Gasteiger partial charge in [-0.15, -0.1) is 0 Å². The van der Waals surface area contributed by atoms with E-state index in [-0.39, 0.29) is 24.4 Å². The van der Waals surface area contributed by atoms with E-state index in [0.717, 1.165) is 4.57 Å². The van der Waals surface area contributed by atoms with Crippen molar-refractivity contribution in [1.82, 2.24) is 24.0 Å². The van der Waals surface area contributed by atoms with Crippen molar-refractivity contribution < 1.29 is 14.3 Å². The van der Waals surface area contributed by atoms with Gasteiger partial charge in [-0.25, -0.2) is 14.6 Å². The highest BCUT2D eigenvalue weighted by atomic mass is 35.5. The highest BCUT2D eigenvalue weighted by Gasteiger charge is 2.16. The summed E-state index contributed by atoms with van der Waals surface area (Å²) in [5.74, 6) is -1.12. The number of nitrogens with one attached hydrogen (secondary N) is 1. The Kier molecular flexibility index (Phi) is 5.32. The number of ether oxygens (including phenoxy) is 1. The minimum absolute atomic E-state index is 0.123. The van der Waals surface area contributed by atoms with Crippen LogP contribution in [-0.2, 0) is 30.2 Å². The summed E-state index contributed by atoms with van der Waals surface area (Å²) in [6, 6.07) is 6.11. The molecule has 2 aromatic heterocycles. The molecule has 0 radical (unpaired) electrons. The number of amides is 1. The van der Waals surface area contributed by atoms with Crippen molar-refractivity contribution in [1.29, 1.82) is 0 Å². The lowest BCUT2D eigenvalue weighted by molar-refractivity contribution is -0.122. The first-order chi connectivity index (χ1) is 13.3. The zero-order valence-corrected chi connectivity index (χ0v) is 15.8. The number of carbonyl (C=O) groups excluding carboxylic acids is 2. The lowest BCUT2D eigenvalue weighted by Gasteiger charge is -2.09. The molecule has 1 N–H and O–H groups in total. The van der Waals surface area contributed by atoms with Gasteiger partial charge in [0.25, 0.3) is 5.56 Å². The Balaban J connectivity index is 1.66. The predicted octanol–water partition coefficient (Wildman–Crippen LogP) is 0.0178. The average molecular weight is 406 g/mol. The highest BCUT2D eigenvalue weighted by Crippen LogP contribution is 2.10. The van der Waals surface area contributed by atoms with Crippen molar-refractivity contribution in [3.05, 3.63) is 62.0 Å². The number of halogens is 1. The quantitative estimate of drug-likeness (QED) is 0.472. The van der Waals surface area contributed by atoms with Crippen molar-refractivity contribution in [2.45, 2.75) is 6.54 Å². The molecule has 0 aliphatic heterocycles. The van der Waals surface area contributed by atoms with Crippen molar-refractivity contribution in [3.63, 3.8) is 0 Å². The molecule has 3 aromatic rings. The largest absolute Gasteiger partial charge is 0.441 e. The van der Waals surface area contributed by atoms with Gasteiger partial charge in [-0.2, -0.15) is 0 Å². The summed E-state index contributed by atoms with van der Waals surface area (Å²) in [7, 11) is 2.83. The molecule has 0 spiro atoms. The zero-order chi connectivity index (χ0) is 20.4. The molecular weight excluding hydrogens is 390 g/mol. The van der Waals surface area contributed by atoms with E-state index in [2.05, 4.69) is 10.3 Å². The van der Waals surface area contributed by atoms with Crippen LogP contribution in [0.1, 0.15) is 10.4 Å². The molecule has 0 unspecified atom stereocenters. The molecule has 0 saturated carbocycles. The van der Waals surface area contributed by atoms with E-state index >= 15 is 0 Å². The van der Waals surface area contributed by atoms with Crippen molar-refractivity contribution in [2.75, 3.05) is 6.73 Å². The Bertz CT molecular complexity index is 1180. The van der Waals surface area contributed by atoms with Gasteiger partial charge in [0, 0.05) is 19.1 Å². The van der Waals surface area contributed by atoms with Crippen LogP contribution in [0.15, 0.2) is 40.2 Å². The van der Waals surface area contributed by atoms with Gasteiger partial charge in [-0.1, -0.05) is 11.6 Å². The van der Waals surface area contributed by atoms with E-state index in [1.165, 1.54) is 41.7 Å². The number of hydrogen-bond donors (Lipinski definition) is 1. The Morgan fingerprint density at radius 2 is 1.82 bits per heavy atom. The number of fused-ring (bicyclic) bond motifs is 1. The second-order valence-electron chi connectivity index (χ2n) is 5.93. The SMILES string of the molecule is Cn1c(=O)c2c(ncn2CC(=O)NCOC(=O)c2ccc(Cl)cc2)n(C)c1=O. The first-order valence-electron chi connectivity index (χ1n) is 8.10. The van der Waals surface area contributed by atoms with Gasteiger partial charge in [0.1, 0.15) is 6.54 Å². The molecule has 146 valence electrons. The average Bonchev–Trinajstić information content (AvgIpc) is 3.08. The van der Waals surface area contributed by atoms with Gasteiger partial charge in [0.2, 0.25) is 5.91 Å². The van der Waals surface area contributed by atoms with Crippen LogP contribution in [0.2, 0.25) is 5.02 Å². The van der Waals surface area contributed by atoms with Gasteiger partial charge < -0.3 is 14.6 Å². The molecule has 0 bridgehead atoms. The van der Waals surface area contributed by atoms with Crippen molar-refractivity contribution >= 4 is 34.6 Å². The maximum atomic E-state index is 12.3. The van der Waals surface area contributed by atoms with Crippen LogP contribution in [0.5, 0.6) is 0 Å². The Morgan fingerprint density at radius 1 is 1.14 bits per heavy atom. The zero-order valence-electron chi connectivity index (χ0n) is 15.0. The molecule has 3 rings (SSSR count). The molecule has 0 atom stereocenters. The number of aromatic nitrogens is 4. The maximum Gasteiger partial charge on any atom is 0.339 e. The van der Waals surface area contributed by atoms with E-state index < -0.39 is 23.1 Å². The third kappa shape index (κ3) is 3.67. The number of esters is 1. The Morgan fingerprint density at radius 3 is 2.50 bits per heavy atom. The second-order valence-corrected chi connectivity index (χ2v) is 6.37. The summed E-state index contributed by atoms with van der Waals surface area (Å²) in [5.41, 5.74) is -0.476. The molecule has 28 heavy (non-hydrogen) atoms. The molecule has 0 aliphatic rings. The number of aryl methyl sites for hydroxylation is 1. The predicted molar refractivity (Wildman–Crippen MR) is 100 cm³/mol. The molecule has 10 nitrogen and oxygen atoms in total. The molecule has 1 amide bonds. The maximum absolute atomic E-state index is 12.3. The van der Waals surface area contributed by atoms with Gasteiger partial charge >= 0.3 is 11.7 Å². The number of benzene rings is 1. The van der Waals surface area contributed by atoms with Gasteiger partial charge in [-0.3, -0.25) is 18.7 Å². The molecule has 0 saturated heterocycles. The molecule has 0 fully saturated rings. The van der Waals surface area contributed by atoms with Crippen molar-refractivity contribution in [3.8, 4) is 0 Å². The Hall–Kier alpha value is -3.40. The third-order valence-electron chi connectivity index (χ3n) is 4.08. The first-order valence-corrected chi connectivity index (χ1v) is 8.47. The lowest BCUT2D eigenvalue weighted by Crippen LogP contribution is -2.38. The fourth-order valence-corrected chi connectivity index (χ4v) is 2.70. The molecule has 2 heterocycles. The molecule has 11 heteroatoms. The fourth-order valence-electron chi connectivity index (χ4n) is 2.58. The number of carbonyl (C=O) groups is 2. The van der Waals surface area contributed by atoms with Gasteiger partial charge in [0.05, 0.1) is 11.9 Å². The van der Waals surface area contributed by atoms with Crippen LogP contribution in [0.4, 0.5) is 0 Å². The summed E-state index contributed by atoms with van der Waals surface area (Å²) in [6.07, 6.45) is 1.30. The van der Waals surface area contributed by atoms with Gasteiger partial charge in [-0.05, 0) is 24.3 Å². The number of imidazole rings is 1. The summed E-state index contributed by atoms with van der Waals surface area (Å²) in [6.45, 7) is -0.578. The summed E-state index contributed by atoms with van der Waals surface area (Å²) in [4.78, 5) is 52.3. The topological polar surface area (TPSA) is 117 Å². The lowest BCUT2D eigenvalue weighted by atomic mass is 10.2. The Labute approximate surface area is 162 Å². The fraction of sp³-hybridized carbons (Fsp3) is 0.235. The molecule has 1 aromatic carbocycles. The highest BCUT2D eigenvalue weighted by molar-refractivity contribution is 6.30. The first kappa shape index (κ1) is 19.4. The number of rotatable bonds is 5. The normalized spacial score (nSPS) is 10.8. The van der Waals surface area contributed by atoms with E-state index in [1.54, 1.807) is 12.1 Å². The second kappa shape index (κ2) is 7.69. The van der Waals surface area contributed by atoms with E-state index in [0.29, 0.717) is 10.6 Å². The minimum Gasteiger partial charge on any atom is -0.441 e.